The minimum Gasteiger partial charge on any atom is -0.302 e. The number of anilines is 1. The summed E-state index contributed by atoms with van der Waals surface area (Å²) < 4.78 is 1.42. The Kier molecular flexibility index (Phi) is 6.10. The Hall–Kier alpha value is -2.78. The molecule has 1 amide bonds. The minimum absolute atomic E-state index is 0.106. The molecule has 1 saturated heterocycles. The molecule has 0 spiro atoms. The highest BCUT2D eigenvalue weighted by molar-refractivity contribution is 7.13. The number of thiazole rings is 1. The fourth-order valence-corrected chi connectivity index (χ4v) is 4.46. The summed E-state index contributed by atoms with van der Waals surface area (Å²) in [4.78, 5) is 45.8. The average Bonchev–Trinajstić information content (AvgIpc) is 3.16. The Morgan fingerprint density at radius 3 is 2.83 bits per heavy atom. The van der Waals surface area contributed by atoms with Crippen LogP contribution in [0.4, 0.5) is 5.13 Å². The van der Waals surface area contributed by atoms with Gasteiger partial charge in [0, 0.05) is 24.9 Å². The number of aromatic amines is 1. The number of fused-ring (bicyclic) bond motifs is 1. The summed E-state index contributed by atoms with van der Waals surface area (Å²) in [7, 11) is 0. The maximum Gasteiger partial charge on any atom is 0.328 e. The average molecular weight is 428 g/mol. The van der Waals surface area contributed by atoms with Crippen LogP contribution >= 0.6 is 11.3 Å². The van der Waals surface area contributed by atoms with Crippen LogP contribution in [0.25, 0.3) is 10.9 Å². The summed E-state index contributed by atoms with van der Waals surface area (Å²) in [6, 6.07) is 6.87. The second kappa shape index (κ2) is 8.93. The minimum atomic E-state index is -0.515. The van der Waals surface area contributed by atoms with Gasteiger partial charge in [0.25, 0.3) is 5.56 Å². The predicted molar refractivity (Wildman–Crippen MR) is 118 cm³/mol. The van der Waals surface area contributed by atoms with Crippen LogP contribution in [-0.4, -0.2) is 38.4 Å². The summed E-state index contributed by atoms with van der Waals surface area (Å²) >= 11 is 1.41. The first-order valence-electron chi connectivity index (χ1n) is 10.2. The number of hydrogen-bond acceptors (Lipinski definition) is 6. The van der Waals surface area contributed by atoms with Crippen molar-refractivity contribution in [2.24, 2.45) is 5.92 Å². The molecule has 1 fully saturated rings. The number of benzene rings is 1. The van der Waals surface area contributed by atoms with Crippen LogP contribution in [0.15, 0.2) is 39.2 Å². The number of rotatable bonds is 6. The molecule has 30 heavy (non-hydrogen) atoms. The van der Waals surface area contributed by atoms with E-state index < -0.39 is 11.2 Å². The van der Waals surface area contributed by atoms with Crippen LogP contribution in [-0.2, 0) is 17.9 Å². The molecular weight excluding hydrogens is 402 g/mol. The normalized spacial score (nSPS) is 15.5. The molecule has 158 valence electrons. The summed E-state index contributed by atoms with van der Waals surface area (Å²) in [6.07, 6.45) is 2.54. The lowest BCUT2D eigenvalue weighted by molar-refractivity contribution is -0.116. The van der Waals surface area contributed by atoms with Crippen LogP contribution in [0.1, 0.15) is 31.9 Å². The Morgan fingerprint density at radius 2 is 2.03 bits per heavy atom. The van der Waals surface area contributed by atoms with E-state index in [1.165, 1.54) is 28.7 Å². The van der Waals surface area contributed by atoms with Crippen molar-refractivity contribution in [3.63, 3.8) is 0 Å². The molecule has 3 heterocycles. The van der Waals surface area contributed by atoms with Gasteiger partial charge >= 0.3 is 5.69 Å². The van der Waals surface area contributed by atoms with Gasteiger partial charge in [-0.1, -0.05) is 19.1 Å². The largest absolute Gasteiger partial charge is 0.328 e. The number of likely N-dealkylation sites (tertiary alicyclic amines) is 1. The first-order valence-corrected chi connectivity index (χ1v) is 11.1. The van der Waals surface area contributed by atoms with Crippen molar-refractivity contribution in [1.29, 1.82) is 0 Å². The van der Waals surface area contributed by atoms with E-state index in [1.54, 1.807) is 24.3 Å². The molecule has 3 aromatic rings. The number of hydrogen-bond donors (Lipinski definition) is 2. The number of aromatic nitrogens is 3. The molecule has 2 N–H and O–H groups in total. The second-order valence-corrected chi connectivity index (χ2v) is 8.69. The zero-order chi connectivity index (χ0) is 21.1. The standard InChI is InChI=1S/C21H25N5O3S/c1-14-6-9-25(10-7-14)12-15-13-30-20(22-15)23-18(27)8-11-26-17-5-3-2-4-16(17)19(28)24-21(26)29/h2-5,13-14H,6-12H2,1H3,(H,22,23,27)(H,24,28,29). The zero-order valence-electron chi connectivity index (χ0n) is 16.9. The van der Waals surface area contributed by atoms with Gasteiger partial charge in [0.05, 0.1) is 16.6 Å². The van der Waals surface area contributed by atoms with Gasteiger partial charge in [-0.3, -0.25) is 24.0 Å². The molecule has 0 radical (unpaired) electrons. The van der Waals surface area contributed by atoms with Crippen molar-refractivity contribution in [2.75, 3.05) is 18.4 Å². The quantitative estimate of drug-likeness (QED) is 0.629. The van der Waals surface area contributed by atoms with E-state index in [0.717, 1.165) is 31.2 Å². The van der Waals surface area contributed by atoms with E-state index in [9.17, 15) is 14.4 Å². The maximum atomic E-state index is 12.4. The summed E-state index contributed by atoms with van der Waals surface area (Å²) in [5, 5.41) is 5.79. The third kappa shape index (κ3) is 4.68. The zero-order valence-corrected chi connectivity index (χ0v) is 17.7. The third-order valence-corrected chi connectivity index (χ3v) is 6.33. The fraction of sp³-hybridized carbons (Fsp3) is 0.429. The summed E-state index contributed by atoms with van der Waals surface area (Å²) in [6.45, 7) is 5.44. The van der Waals surface area contributed by atoms with Crippen molar-refractivity contribution in [3.8, 4) is 0 Å². The molecule has 4 rings (SSSR count). The fourth-order valence-electron chi connectivity index (χ4n) is 3.75. The van der Waals surface area contributed by atoms with Gasteiger partial charge < -0.3 is 5.32 Å². The Balaban J connectivity index is 1.36. The molecule has 1 aliphatic rings. The Labute approximate surface area is 177 Å². The van der Waals surface area contributed by atoms with Gasteiger partial charge in [0.2, 0.25) is 5.91 Å². The van der Waals surface area contributed by atoms with Gasteiger partial charge in [0.15, 0.2) is 5.13 Å². The molecule has 2 aromatic heterocycles. The molecule has 0 aliphatic carbocycles. The Morgan fingerprint density at radius 1 is 1.27 bits per heavy atom. The lowest BCUT2D eigenvalue weighted by Gasteiger charge is -2.29. The SMILES string of the molecule is CC1CCN(Cc2csc(NC(=O)CCn3c(=O)[nH]c(=O)c4ccccc43)n2)CC1. The lowest BCUT2D eigenvalue weighted by atomic mass is 9.99. The molecular formula is C21H25N5O3S. The van der Waals surface area contributed by atoms with Crippen molar-refractivity contribution in [1.82, 2.24) is 19.4 Å². The van der Waals surface area contributed by atoms with Gasteiger partial charge in [-0.15, -0.1) is 11.3 Å². The van der Waals surface area contributed by atoms with Gasteiger partial charge in [-0.25, -0.2) is 9.78 Å². The third-order valence-electron chi connectivity index (χ3n) is 5.53. The van der Waals surface area contributed by atoms with E-state index in [-0.39, 0.29) is 18.9 Å². The predicted octanol–water partition coefficient (Wildman–Crippen LogP) is 2.41. The number of nitrogens with one attached hydrogen (secondary N) is 2. The van der Waals surface area contributed by atoms with Crippen LogP contribution in [0, 0.1) is 5.92 Å². The van der Waals surface area contributed by atoms with Crippen molar-refractivity contribution < 1.29 is 4.79 Å². The molecule has 1 aliphatic heterocycles. The van der Waals surface area contributed by atoms with E-state index in [1.807, 2.05) is 5.38 Å². The second-order valence-electron chi connectivity index (χ2n) is 7.83. The molecule has 0 unspecified atom stereocenters. The smallest absolute Gasteiger partial charge is 0.302 e. The number of carbonyl (C=O) groups is 1. The first-order chi connectivity index (χ1) is 14.5. The molecule has 0 bridgehead atoms. The number of amides is 1. The van der Waals surface area contributed by atoms with E-state index in [2.05, 4.69) is 27.1 Å². The first kappa shape index (κ1) is 20.5. The monoisotopic (exact) mass is 427 g/mol. The van der Waals surface area contributed by atoms with Crippen LogP contribution in [0.2, 0.25) is 0 Å². The number of nitrogens with zero attached hydrogens (tertiary/aromatic N) is 3. The lowest BCUT2D eigenvalue weighted by Crippen LogP contribution is -2.32. The highest BCUT2D eigenvalue weighted by Crippen LogP contribution is 2.21. The van der Waals surface area contributed by atoms with Gasteiger partial charge in [-0.05, 0) is 44.0 Å². The number of aryl methyl sites for hydroxylation is 1. The molecule has 0 atom stereocenters. The summed E-state index contributed by atoms with van der Waals surface area (Å²) in [5.41, 5.74) is 0.549. The highest BCUT2D eigenvalue weighted by Gasteiger charge is 2.17. The van der Waals surface area contributed by atoms with Gasteiger partial charge in [-0.2, -0.15) is 0 Å². The molecule has 0 saturated carbocycles. The van der Waals surface area contributed by atoms with Crippen LogP contribution < -0.4 is 16.6 Å². The molecule has 1 aromatic carbocycles. The van der Waals surface area contributed by atoms with Crippen molar-refractivity contribution in [3.05, 3.63) is 56.2 Å². The number of piperidine rings is 1. The molecule has 9 heteroatoms. The van der Waals surface area contributed by atoms with E-state index >= 15 is 0 Å². The van der Waals surface area contributed by atoms with E-state index in [4.69, 9.17) is 0 Å². The topological polar surface area (TPSA) is 100 Å². The summed E-state index contributed by atoms with van der Waals surface area (Å²) in [5.74, 6) is 0.573. The van der Waals surface area contributed by atoms with Crippen LogP contribution in [0.5, 0.6) is 0 Å². The van der Waals surface area contributed by atoms with Crippen LogP contribution in [0.3, 0.4) is 0 Å². The number of carbonyl (C=O) groups excluding carboxylic acids is 1. The van der Waals surface area contributed by atoms with E-state index in [0.29, 0.717) is 16.0 Å². The number of H-pyrrole nitrogens is 1. The van der Waals surface area contributed by atoms with Gasteiger partial charge in [0.1, 0.15) is 0 Å². The molecule has 8 nitrogen and oxygen atoms in total. The van der Waals surface area contributed by atoms with Crippen molar-refractivity contribution in [2.45, 2.75) is 39.3 Å². The number of para-hydroxylation sites is 1. The Bertz CT molecular complexity index is 1160. The highest BCUT2D eigenvalue weighted by atomic mass is 32.1. The maximum absolute atomic E-state index is 12.4. The van der Waals surface area contributed by atoms with Crippen molar-refractivity contribution >= 4 is 33.3 Å².